The highest BCUT2D eigenvalue weighted by atomic mass is 79.9. The Labute approximate surface area is 109 Å². The molecule has 2 aromatic rings. The molecule has 1 heterocycles. The summed E-state index contributed by atoms with van der Waals surface area (Å²) in [6.45, 7) is 0. The Kier molecular flexibility index (Phi) is 3.42. The zero-order valence-corrected chi connectivity index (χ0v) is 10.5. The fourth-order valence-corrected chi connectivity index (χ4v) is 1.65. The first-order valence-electron chi connectivity index (χ1n) is 4.86. The summed E-state index contributed by atoms with van der Waals surface area (Å²) in [5, 5.41) is 0. The van der Waals surface area contributed by atoms with Crippen LogP contribution < -0.4 is 16.0 Å². The molecule has 2 rings (SSSR count). The molecule has 1 aromatic carbocycles. The molecule has 0 fully saturated rings. The van der Waals surface area contributed by atoms with Gasteiger partial charge in [0.15, 0.2) is 0 Å². The van der Waals surface area contributed by atoms with Crippen molar-refractivity contribution in [1.82, 2.24) is 9.97 Å². The number of hydrogen-bond acceptors (Lipinski definition) is 4. The van der Waals surface area contributed by atoms with E-state index in [2.05, 4.69) is 20.9 Å². The lowest BCUT2D eigenvalue weighted by molar-refractivity contribution is 0.0727. The normalized spacial score (nSPS) is 10.1. The highest BCUT2D eigenvalue weighted by molar-refractivity contribution is 9.10. The molecule has 6 nitrogen and oxygen atoms in total. The highest BCUT2D eigenvalue weighted by Gasteiger charge is 2.10. The van der Waals surface area contributed by atoms with Crippen LogP contribution in [0, 0.1) is 0 Å². The van der Waals surface area contributed by atoms with Gasteiger partial charge in [0.1, 0.15) is 11.4 Å². The Balaban J connectivity index is 2.27. The zero-order valence-electron chi connectivity index (χ0n) is 8.90. The van der Waals surface area contributed by atoms with Gasteiger partial charge in [0.25, 0.3) is 5.56 Å². The average Bonchev–Trinajstić information content (AvgIpc) is 2.27. The maximum absolute atomic E-state index is 11.7. The Bertz CT molecular complexity index is 676. The number of H-pyrrole nitrogens is 2. The summed E-state index contributed by atoms with van der Waals surface area (Å²) in [7, 11) is 0. The van der Waals surface area contributed by atoms with E-state index in [1.54, 1.807) is 24.3 Å². The maximum atomic E-state index is 11.7. The van der Waals surface area contributed by atoms with Crippen LogP contribution >= 0.6 is 15.9 Å². The second-order valence-corrected chi connectivity index (χ2v) is 4.26. The Morgan fingerprint density at radius 3 is 2.61 bits per heavy atom. The molecule has 18 heavy (non-hydrogen) atoms. The standard InChI is InChI=1S/C11H7BrN2O4/c12-6-2-1-3-7(4-6)18-10(16)8-5-9(15)14-11(17)13-8/h1-5H,(H2,13,14,15,17). The van der Waals surface area contributed by atoms with E-state index in [-0.39, 0.29) is 5.69 Å². The van der Waals surface area contributed by atoms with Gasteiger partial charge in [0.05, 0.1) is 0 Å². The summed E-state index contributed by atoms with van der Waals surface area (Å²) in [6, 6.07) is 7.58. The van der Waals surface area contributed by atoms with Gasteiger partial charge in [-0.3, -0.25) is 9.78 Å². The Hall–Kier alpha value is -2.15. The first-order valence-corrected chi connectivity index (χ1v) is 5.65. The molecule has 0 aliphatic carbocycles. The van der Waals surface area contributed by atoms with Gasteiger partial charge in [-0.1, -0.05) is 22.0 Å². The SMILES string of the molecule is O=C(Oc1cccc(Br)c1)c1cc(=O)[nH]c(=O)[nH]1. The molecule has 0 aliphatic heterocycles. The molecule has 0 atom stereocenters. The Morgan fingerprint density at radius 1 is 1.17 bits per heavy atom. The lowest BCUT2D eigenvalue weighted by Crippen LogP contribution is -2.26. The third-order valence-electron chi connectivity index (χ3n) is 1.99. The predicted octanol–water partition coefficient (Wildman–Crippen LogP) is 1.04. The number of rotatable bonds is 2. The summed E-state index contributed by atoms with van der Waals surface area (Å²) in [6.07, 6.45) is 0. The molecule has 1 aromatic heterocycles. The van der Waals surface area contributed by atoms with Gasteiger partial charge in [-0.05, 0) is 18.2 Å². The summed E-state index contributed by atoms with van der Waals surface area (Å²) in [5.74, 6) is -0.508. The summed E-state index contributed by atoms with van der Waals surface area (Å²) in [4.78, 5) is 37.8. The summed E-state index contributed by atoms with van der Waals surface area (Å²) >= 11 is 3.23. The molecule has 0 amide bonds. The van der Waals surface area contributed by atoms with E-state index in [1.165, 1.54) is 0 Å². The minimum Gasteiger partial charge on any atom is -0.422 e. The first-order chi connectivity index (χ1) is 8.54. The van der Waals surface area contributed by atoms with Gasteiger partial charge in [-0.2, -0.15) is 0 Å². The van der Waals surface area contributed by atoms with Crippen LogP contribution in [0.2, 0.25) is 0 Å². The molecule has 0 saturated heterocycles. The molecular formula is C11H7BrN2O4. The van der Waals surface area contributed by atoms with Crippen molar-refractivity contribution in [1.29, 1.82) is 0 Å². The van der Waals surface area contributed by atoms with Gasteiger partial charge in [-0.15, -0.1) is 0 Å². The van der Waals surface area contributed by atoms with Crippen LogP contribution in [-0.4, -0.2) is 15.9 Å². The quantitative estimate of drug-likeness (QED) is 0.640. The number of carbonyl (C=O) groups is 1. The average molecular weight is 311 g/mol. The van der Waals surface area contributed by atoms with Crippen LogP contribution in [0.5, 0.6) is 5.75 Å². The summed E-state index contributed by atoms with van der Waals surface area (Å²) < 4.78 is 5.74. The second-order valence-electron chi connectivity index (χ2n) is 3.35. The number of esters is 1. The van der Waals surface area contributed by atoms with E-state index in [0.717, 1.165) is 10.5 Å². The Morgan fingerprint density at radius 2 is 1.94 bits per heavy atom. The zero-order chi connectivity index (χ0) is 13.1. The van der Waals surface area contributed by atoms with Crippen molar-refractivity contribution in [2.24, 2.45) is 0 Å². The van der Waals surface area contributed by atoms with Gasteiger partial charge in [-0.25, -0.2) is 9.59 Å². The van der Waals surface area contributed by atoms with Crippen molar-refractivity contribution in [3.8, 4) is 5.75 Å². The summed E-state index contributed by atoms with van der Waals surface area (Å²) in [5.41, 5.74) is -1.63. The predicted molar refractivity (Wildman–Crippen MR) is 66.8 cm³/mol. The highest BCUT2D eigenvalue weighted by Crippen LogP contribution is 2.18. The second kappa shape index (κ2) is 5.01. The van der Waals surface area contributed by atoms with Crippen LogP contribution in [-0.2, 0) is 0 Å². The fraction of sp³-hybridized carbons (Fsp3) is 0. The van der Waals surface area contributed by atoms with Gasteiger partial charge < -0.3 is 9.72 Å². The molecule has 0 saturated carbocycles. The number of carbonyl (C=O) groups excluding carboxylic acids is 1. The van der Waals surface area contributed by atoms with E-state index < -0.39 is 17.2 Å². The number of nitrogens with one attached hydrogen (secondary N) is 2. The minimum absolute atomic E-state index is 0.205. The van der Waals surface area contributed by atoms with Crippen molar-refractivity contribution >= 4 is 21.9 Å². The number of halogens is 1. The van der Waals surface area contributed by atoms with E-state index in [9.17, 15) is 14.4 Å². The van der Waals surface area contributed by atoms with Gasteiger partial charge >= 0.3 is 11.7 Å². The van der Waals surface area contributed by atoms with E-state index in [4.69, 9.17) is 4.74 Å². The van der Waals surface area contributed by atoms with Gasteiger partial charge in [0.2, 0.25) is 0 Å². The monoisotopic (exact) mass is 310 g/mol. The van der Waals surface area contributed by atoms with Crippen LogP contribution in [0.1, 0.15) is 10.5 Å². The number of benzene rings is 1. The van der Waals surface area contributed by atoms with E-state index in [1.807, 2.05) is 4.98 Å². The third kappa shape index (κ3) is 2.95. The molecule has 0 aliphatic rings. The van der Waals surface area contributed by atoms with Crippen molar-refractivity contribution in [3.63, 3.8) is 0 Å². The molecule has 92 valence electrons. The van der Waals surface area contributed by atoms with Crippen molar-refractivity contribution in [2.75, 3.05) is 0 Å². The number of aromatic nitrogens is 2. The van der Waals surface area contributed by atoms with Crippen molar-refractivity contribution < 1.29 is 9.53 Å². The fourth-order valence-electron chi connectivity index (χ4n) is 1.27. The topological polar surface area (TPSA) is 92.0 Å². The van der Waals surface area contributed by atoms with Crippen molar-refractivity contribution in [3.05, 3.63) is 61.3 Å². The van der Waals surface area contributed by atoms with Crippen LogP contribution in [0.4, 0.5) is 0 Å². The van der Waals surface area contributed by atoms with Gasteiger partial charge in [0, 0.05) is 10.5 Å². The minimum atomic E-state index is -0.809. The molecule has 0 bridgehead atoms. The molecule has 2 N–H and O–H groups in total. The molecule has 0 unspecified atom stereocenters. The van der Waals surface area contributed by atoms with Crippen LogP contribution in [0.3, 0.4) is 0 Å². The van der Waals surface area contributed by atoms with E-state index in [0.29, 0.717) is 5.75 Å². The van der Waals surface area contributed by atoms with Crippen molar-refractivity contribution in [2.45, 2.75) is 0 Å². The number of hydrogen-bond donors (Lipinski definition) is 2. The third-order valence-corrected chi connectivity index (χ3v) is 2.48. The smallest absolute Gasteiger partial charge is 0.360 e. The van der Waals surface area contributed by atoms with Crippen LogP contribution in [0.25, 0.3) is 0 Å². The van der Waals surface area contributed by atoms with Crippen LogP contribution in [0.15, 0.2) is 44.4 Å². The lowest BCUT2D eigenvalue weighted by atomic mass is 10.3. The number of aromatic amines is 2. The molecular weight excluding hydrogens is 304 g/mol. The van der Waals surface area contributed by atoms with E-state index >= 15 is 0 Å². The molecule has 0 radical (unpaired) electrons. The first kappa shape index (κ1) is 12.3. The molecule has 7 heteroatoms. The molecule has 0 spiro atoms. The lowest BCUT2D eigenvalue weighted by Gasteiger charge is -2.03. The number of ether oxygens (including phenoxy) is 1. The maximum Gasteiger partial charge on any atom is 0.360 e. The largest absolute Gasteiger partial charge is 0.422 e.